The molecule has 1 aliphatic carbocycles. The predicted molar refractivity (Wildman–Crippen MR) is 164 cm³/mol. The molecular weight excluding hydrogens is 528 g/mol. The summed E-state index contributed by atoms with van der Waals surface area (Å²) < 4.78 is 0. The number of likely N-dealkylation sites (tertiary alicyclic amines) is 1. The molecule has 1 aromatic heterocycles. The molecule has 2 aliphatic rings. The van der Waals surface area contributed by atoms with E-state index in [1.54, 1.807) is 6.07 Å². The predicted octanol–water partition coefficient (Wildman–Crippen LogP) is 5.71. The largest absolute Gasteiger partial charge is 0.351 e. The number of hydrazine groups is 1. The first-order chi connectivity index (χ1) is 18.9. The maximum atomic E-state index is 12.7. The van der Waals surface area contributed by atoms with Gasteiger partial charge in [0.2, 0.25) is 0 Å². The van der Waals surface area contributed by atoms with Gasteiger partial charge in [0.05, 0.1) is 16.6 Å². The van der Waals surface area contributed by atoms with Crippen molar-refractivity contribution < 1.29 is 4.79 Å². The van der Waals surface area contributed by atoms with Gasteiger partial charge in [0, 0.05) is 18.8 Å². The lowest BCUT2D eigenvalue weighted by atomic mass is 9.86. The van der Waals surface area contributed by atoms with Crippen molar-refractivity contribution in [2.45, 2.75) is 65.0 Å². The Morgan fingerprint density at radius 1 is 1.28 bits per heavy atom. The number of nitrogens with one attached hydrogen (secondary N) is 4. The second-order valence-corrected chi connectivity index (χ2v) is 10.9. The lowest BCUT2D eigenvalue weighted by Crippen LogP contribution is -2.42. The minimum Gasteiger partial charge on any atom is -0.351 e. The molecule has 1 saturated heterocycles. The molecule has 7 nitrogen and oxygen atoms in total. The minimum atomic E-state index is -0.174. The van der Waals surface area contributed by atoms with Crippen molar-refractivity contribution in [1.29, 1.82) is 0 Å². The zero-order valence-corrected chi connectivity index (χ0v) is 24.6. The third kappa shape index (κ3) is 7.38. The Bertz CT molecular complexity index is 1250. The Morgan fingerprint density at radius 2 is 2.10 bits per heavy atom. The van der Waals surface area contributed by atoms with Crippen LogP contribution in [0.4, 0.5) is 5.82 Å². The molecule has 2 heterocycles. The second kappa shape index (κ2) is 13.9. The molecule has 4 rings (SSSR count). The van der Waals surface area contributed by atoms with Crippen LogP contribution in [0.2, 0.25) is 5.02 Å². The van der Waals surface area contributed by atoms with Gasteiger partial charge in [-0.15, -0.1) is 0 Å². The van der Waals surface area contributed by atoms with E-state index in [-0.39, 0.29) is 11.9 Å². The van der Waals surface area contributed by atoms with Crippen LogP contribution in [0.15, 0.2) is 59.8 Å². The van der Waals surface area contributed by atoms with Crippen molar-refractivity contribution in [3.63, 3.8) is 0 Å². The Morgan fingerprint density at radius 3 is 2.85 bits per heavy atom. The summed E-state index contributed by atoms with van der Waals surface area (Å²) in [6, 6.07) is 10.4. The summed E-state index contributed by atoms with van der Waals surface area (Å²) in [7, 11) is 0. The molecule has 1 unspecified atom stereocenters. The average Bonchev–Trinajstić information content (AvgIpc) is 3.42. The zero-order chi connectivity index (χ0) is 27.8. The van der Waals surface area contributed by atoms with Crippen LogP contribution in [-0.4, -0.2) is 46.6 Å². The minimum absolute atomic E-state index is 0.0501. The highest BCUT2D eigenvalue weighted by Gasteiger charge is 2.24. The van der Waals surface area contributed by atoms with Crippen LogP contribution >= 0.6 is 23.8 Å². The van der Waals surface area contributed by atoms with E-state index in [0.29, 0.717) is 34.1 Å². The highest BCUT2D eigenvalue weighted by atomic mass is 35.5. The van der Waals surface area contributed by atoms with Crippen molar-refractivity contribution in [2.24, 2.45) is 0 Å². The molecule has 1 aliphatic heterocycles. The number of hydrogen-bond acceptors (Lipinski definition) is 5. The summed E-state index contributed by atoms with van der Waals surface area (Å²) in [5, 5.41) is 7.29. The van der Waals surface area contributed by atoms with Crippen molar-refractivity contribution in [2.75, 3.05) is 25.1 Å². The summed E-state index contributed by atoms with van der Waals surface area (Å²) in [4.78, 5) is 19.5. The SMILES string of the molecule is CCc1ccccc1C(NC(=S)NNc1ncc(C(=O)NC[C@H]2CCCN2CC)cc1Cl)C1=C(C)C=CCC1. The molecule has 208 valence electrons. The van der Waals surface area contributed by atoms with Crippen LogP contribution in [0.1, 0.15) is 74.0 Å². The molecule has 39 heavy (non-hydrogen) atoms. The van der Waals surface area contributed by atoms with Gasteiger partial charge < -0.3 is 10.6 Å². The number of benzene rings is 1. The number of carbonyl (C=O) groups excluding carboxylic acids is 1. The first-order valence-electron chi connectivity index (χ1n) is 13.9. The Labute approximate surface area is 242 Å². The highest BCUT2D eigenvalue weighted by Crippen LogP contribution is 2.33. The fourth-order valence-electron chi connectivity index (χ4n) is 5.46. The van der Waals surface area contributed by atoms with E-state index in [2.05, 4.69) is 88.6 Å². The lowest BCUT2D eigenvalue weighted by molar-refractivity contribution is 0.0941. The summed E-state index contributed by atoms with van der Waals surface area (Å²) in [5.74, 6) is 0.221. The number of amides is 1. The van der Waals surface area contributed by atoms with Crippen molar-refractivity contribution in [3.8, 4) is 0 Å². The molecule has 0 spiro atoms. The van der Waals surface area contributed by atoms with Crippen LogP contribution < -0.4 is 21.5 Å². The number of halogens is 1. The van der Waals surface area contributed by atoms with E-state index in [0.717, 1.165) is 38.8 Å². The molecule has 1 amide bonds. The maximum absolute atomic E-state index is 12.7. The molecule has 2 atom stereocenters. The number of aromatic nitrogens is 1. The Balaban J connectivity index is 1.39. The van der Waals surface area contributed by atoms with Gasteiger partial charge >= 0.3 is 0 Å². The van der Waals surface area contributed by atoms with E-state index in [9.17, 15) is 4.79 Å². The van der Waals surface area contributed by atoms with E-state index >= 15 is 0 Å². The molecule has 0 saturated carbocycles. The molecule has 1 fully saturated rings. The Kier molecular flexibility index (Phi) is 10.4. The number of rotatable bonds is 10. The number of carbonyl (C=O) groups is 1. The molecule has 9 heteroatoms. The van der Waals surface area contributed by atoms with Crippen LogP contribution in [0.25, 0.3) is 0 Å². The van der Waals surface area contributed by atoms with Gasteiger partial charge in [-0.25, -0.2) is 4.98 Å². The average molecular weight is 567 g/mol. The van der Waals surface area contributed by atoms with Gasteiger partial charge in [-0.05, 0) is 92.7 Å². The van der Waals surface area contributed by atoms with Crippen LogP contribution in [0.3, 0.4) is 0 Å². The molecule has 1 aromatic carbocycles. The van der Waals surface area contributed by atoms with E-state index in [1.165, 1.54) is 34.9 Å². The van der Waals surface area contributed by atoms with Crippen molar-refractivity contribution in [1.82, 2.24) is 25.9 Å². The number of pyridine rings is 1. The molecule has 2 aromatic rings. The number of anilines is 1. The fourth-order valence-corrected chi connectivity index (χ4v) is 5.84. The maximum Gasteiger partial charge on any atom is 0.252 e. The van der Waals surface area contributed by atoms with E-state index in [4.69, 9.17) is 23.8 Å². The van der Waals surface area contributed by atoms with Crippen LogP contribution in [0.5, 0.6) is 0 Å². The number of hydrogen-bond donors (Lipinski definition) is 4. The normalized spacial score (nSPS) is 18.1. The fraction of sp³-hybridized carbons (Fsp3) is 0.433. The summed E-state index contributed by atoms with van der Waals surface area (Å²) in [6.07, 6.45) is 11.1. The first kappa shape index (κ1) is 29.1. The van der Waals surface area contributed by atoms with E-state index in [1.807, 2.05) is 0 Å². The van der Waals surface area contributed by atoms with Gasteiger partial charge in [0.25, 0.3) is 5.91 Å². The monoisotopic (exact) mass is 566 g/mol. The third-order valence-corrected chi connectivity index (χ3v) is 8.13. The standard InChI is InChI=1S/C30H39ClN6OS/c1-4-21-12-7-9-15-25(21)27(24-14-8-6-11-20(24)3)34-30(39)36-35-28-26(31)17-22(18-32-28)29(38)33-19-23-13-10-16-37(23)5-2/h6-7,9,11-12,15,17-18,23,27H,4-5,8,10,13-14,16,19H2,1-3H3,(H,32,35)(H,33,38)(H2,34,36,39)/t23-,27?/m1/s1. The number of thiocarbonyl (C=S) groups is 1. The second-order valence-electron chi connectivity index (χ2n) is 10.0. The quantitative estimate of drug-likeness (QED) is 0.217. The Hall–Kier alpha value is -2.94. The number of allylic oxidation sites excluding steroid dienone is 3. The molecule has 0 bridgehead atoms. The lowest BCUT2D eigenvalue weighted by Gasteiger charge is -2.28. The first-order valence-corrected chi connectivity index (χ1v) is 14.6. The van der Waals surface area contributed by atoms with Crippen molar-refractivity contribution in [3.05, 3.63) is 81.5 Å². The third-order valence-electron chi connectivity index (χ3n) is 7.63. The van der Waals surface area contributed by atoms with Gasteiger partial charge in [-0.3, -0.25) is 20.5 Å². The summed E-state index contributed by atoms with van der Waals surface area (Å²) in [6.45, 7) is 9.19. The number of likely N-dealkylation sites (N-methyl/N-ethyl adjacent to an activating group) is 1. The van der Waals surface area contributed by atoms with Crippen molar-refractivity contribution >= 4 is 40.7 Å². The van der Waals surface area contributed by atoms with E-state index < -0.39 is 0 Å². The summed E-state index contributed by atoms with van der Waals surface area (Å²) in [5.41, 5.74) is 11.6. The topological polar surface area (TPSA) is 81.3 Å². The van der Waals surface area contributed by atoms with Gasteiger partial charge in [-0.1, -0.05) is 61.9 Å². The number of aryl methyl sites for hydroxylation is 1. The highest BCUT2D eigenvalue weighted by molar-refractivity contribution is 7.80. The zero-order valence-electron chi connectivity index (χ0n) is 23.0. The molecule has 0 radical (unpaired) electrons. The molecular formula is C30H39ClN6OS. The van der Waals surface area contributed by atoms with Gasteiger partial charge in [-0.2, -0.15) is 0 Å². The number of nitrogens with zero attached hydrogens (tertiary/aromatic N) is 2. The molecule has 4 N–H and O–H groups in total. The van der Waals surface area contributed by atoms with Gasteiger partial charge in [0.1, 0.15) is 0 Å². The van der Waals surface area contributed by atoms with Crippen LogP contribution in [-0.2, 0) is 6.42 Å². The van der Waals surface area contributed by atoms with Gasteiger partial charge in [0.15, 0.2) is 10.9 Å². The summed E-state index contributed by atoms with van der Waals surface area (Å²) >= 11 is 12.1. The van der Waals surface area contributed by atoms with Crippen LogP contribution in [0, 0.1) is 0 Å². The smallest absolute Gasteiger partial charge is 0.252 e.